The Labute approximate surface area is 88.1 Å². The minimum Gasteiger partial charge on any atom is -0.298 e. The van der Waals surface area contributed by atoms with Gasteiger partial charge in [0, 0.05) is 17.4 Å². The number of thiophene rings is 1. The van der Waals surface area contributed by atoms with Crippen molar-refractivity contribution in [3.8, 4) is 11.8 Å². The summed E-state index contributed by atoms with van der Waals surface area (Å²) in [7, 11) is 0. The average Bonchev–Trinajstić information content (AvgIpc) is 2.69. The predicted molar refractivity (Wildman–Crippen MR) is 58.2 cm³/mol. The average molecular weight is 204 g/mol. The van der Waals surface area contributed by atoms with E-state index in [9.17, 15) is 4.79 Å². The second-order valence-corrected chi connectivity index (χ2v) is 4.33. The molecule has 1 nitrogen and oxygen atoms in total. The van der Waals surface area contributed by atoms with Gasteiger partial charge in [-0.05, 0) is 24.3 Å². The van der Waals surface area contributed by atoms with E-state index < -0.39 is 0 Å². The summed E-state index contributed by atoms with van der Waals surface area (Å²) in [4.78, 5) is 11.5. The van der Waals surface area contributed by atoms with E-state index in [0.29, 0.717) is 5.78 Å². The first-order valence-electron chi connectivity index (χ1n) is 4.93. The second-order valence-electron chi connectivity index (χ2n) is 3.55. The minimum atomic E-state index is 0.00338. The molecule has 1 heterocycles. The van der Waals surface area contributed by atoms with Crippen LogP contribution in [0.25, 0.3) is 0 Å². The molecular weight excluding hydrogens is 192 g/mol. The van der Waals surface area contributed by atoms with Crippen LogP contribution in [0.3, 0.4) is 0 Å². The number of hydrogen-bond donors (Lipinski definition) is 0. The summed E-state index contributed by atoms with van der Waals surface area (Å²) in [6, 6.07) is 1.99. The summed E-state index contributed by atoms with van der Waals surface area (Å²) >= 11 is 1.64. The molecule has 1 aliphatic carbocycles. The summed E-state index contributed by atoms with van der Waals surface area (Å²) in [5.74, 6) is 6.48. The van der Waals surface area contributed by atoms with Gasteiger partial charge >= 0.3 is 0 Å². The molecule has 0 spiro atoms. The molecule has 2 rings (SSSR count). The first-order valence-corrected chi connectivity index (χ1v) is 5.87. The van der Waals surface area contributed by atoms with Crippen LogP contribution in [0.4, 0.5) is 0 Å². The zero-order valence-corrected chi connectivity index (χ0v) is 8.77. The van der Waals surface area contributed by atoms with Gasteiger partial charge in [-0.1, -0.05) is 18.3 Å². The van der Waals surface area contributed by atoms with Crippen molar-refractivity contribution in [1.82, 2.24) is 0 Å². The number of rotatable bonds is 0. The number of Topliss-reactive ketones (excluding diaryl/α,β-unsaturated/α-hetero) is 1. The third-order valence-electron chi connectivity index (χ3n) is 2.47. The lowest BCUT2D eigenvalue weighted by Gasteiger charge is -2.14. The van der Waals surface area contributed by atoms with Crippen LogP contribution in [0, 0.1) is 17.8 Å². The lowest BCUT2D eigenvalue weighted by atomic mass is 9.88. The van der Waals surface area contributed by atoms with E-state index in [2.05, 4.69) is 11.8 Å². The minimum absolute atomic E-state index is 0.00338. The van der Waals surface area contributed by atoms with Crippen LogP contribution in [0.15, 0.2) is 16.8 Å². The molecule has 0 N–H and O–H groups in total. The van der Waals surface area contributed by atoms with Crippen molar-refractivity contribution < 1.29 is 4.79 Å². The zero-order valence-electron chi connectivity index (χ0n) is 7.95. The molecule has 0 amide bonds. The summed E-state index contributed by atoms with van der Waals surface area (Å²) in [6.07, 6.45) is 3.88. The van der Waals surface area contributed by atoms with E-state index in [-0.39, 0.29) is 5.92 Å². The Morgan fingerprint density at radius 3 is 3.07 bits per heavy atom. The predicted octanol–water partition coefficient (Wildman–Crippen LogP) is 2.86. The zero-order chi connectivity index (χ0) is 9.80. The van der Waals surface area contributed by atoms with Crippen molar-refractivity contribution >= 4 is 17.1 Å². The van der Waals surface area contributed by atoms with E-state index in [1.807, 2.05) is 16.8 Å². The number of carbonyl (C=O) groups is 1. The molecule has 1 aromatic rings. The monoisotopic (exact) mass is 204 g/mol. The van der Waals surface area contributed by atoms with Gasteiger partial charge in [0.2, 0.25) is 0 Å². The summed E-state index contributed by atoms with van der Waals surface area (Å²) in [5, 5.41) is 4.02. The van der Waals surface area contributed by atoms with Gasteiger partial charge in [-0.2, -0.15) is 11.3 Å². The van der Waals surface area contributed by atoms with Crippen molar-refractivity contribution in [2.24, 2.45) is 5.92 Å². The Morgan fingerprint density at radius 1 is 1.43 bits per heavy atom. The molecule has 1 atom stereocenters. The fraction of sp³-hybridized carbons (Fsp3) is 0.417. The van der Waals surface area contributed by atoms with E-state index >= 15 is 0 Å². The van der Waals surface area contributed by atoms with E-state index in [1.165, 1.54) is 0 Å². The van der Waals surface area contributed by atoms with Gasteiger partial charge in [0.1, 0.15) is 5.78 Å². The lowest BCUT2D eigenvalue weighted by Crippen LogP contribution is -2.16. The molecule has 0 radical (unpaired) electrons. The van der Waals surface area contributed by atoms with Crippen LogP contribution in [-0.2, 0) is 4.79 Å². The Morgan fingerprint density at radius 2 is 2.36 bits per heavy atom. The number of ketones is 1. The van der Waals surface area contributed by atoms with Crippen molar-refractivity contribution in [2.45, 2.75) is 25.7 Å². The van der Waals surface area contributed by atoms with Crippen LogP contribution in [0.5, 0.6) is 0 Å². The van der Waals surface area contributed by atoms with E-state index in [0.717, 1.165) is 31.2 Å². The van der Waals surface area contributed by atoms with Gasteiger partial charge in [0.15, 0.2) is 0 Å². The molecule has 0 bridgehead atoms. The van der Waals surface area contributed by atoms with Crippen LogP contribution in [0.1, 0.15) is 31.2 Å². The van der Waals surface area contributed by atoms with Gasteiger partial charge < -0.3 is 0 Å². The maximum absolute atomic E-state index is 11.5. The highest BCUT2D eigenvalue weighted by molar-refractivity contribution is 7.08. The highest BCUT2D eigenvalue weighted by atomic mass is 32.1. The third kappa shape index (κ3) is 2.24. The lowest BCUT2D eigenvalue weighted by molar-refractivity contribution is -0.122. The van der Waals surface area contributed by atoms with Gasteiger partial charge in [-0.25, -0.2) is 0 Å². The van der Waals surface area contributed by atoms with Crippen molar-refractivity contribution in [1.29, 1.82) is 0 Å². The molecule has 1 aliphatic rings. The molecule has 14 heavy (non-hydrogen) atoms. The van der Waals surface area contributed by atoms with Crippen molar-refractivity contribution in [3.63, 3.8) is 0 Å². The van der Waals surface area contributed by atoms with Gasteiger partial charge in [0.25, 0.3) is 0 Å². The van der Waals surface area contributed by atoms with Gasteiger partial charge in [0.05, 0.1) is 5.92 Å². The molecule has 1 saturated carbocycles. The molecule has 2 heteroatoms. The summed E-state index contributed by atoms with van der Waals surface area (Å²) < 4.78 is 0. The SMILES string of the molecule is O=C1CCCCC1C#Cc1ccsc1. The van der Waals surface area contributed by atoms with Gasteiger partial charge in [-0.3, -0.25) is 4.79 Å². The van der Waals surface area contributed by atoms with Crippen molar-refractivity contribution in [3.05, 3.63) is 22.4 Å². The fourth-order valence-corrected chi connectivity index (χ4v) is 2.23. The first kappa shape index (κ1) is 9.48. The second kappa shape index (κ2) is 4.43. The highest BCUT2D eigenvalue weighted by Crippen LogP contribution is 2.19. The molecule has 0 aliphatic heterocycles. The van der Waals surface area contributed by atoms with E-state index in [1.54, 1.807) is 11.3 Å². The highest BCUT2D eigenvalue weighted by Gasteiger charge is 2.19. The molecule has 72 valence electrons. The Hall–Kier alpha value is -1.07. The first-order chi connectivity index (χ1) is 6.86. The summed E-state index contributed by atoms with van der Waals surface area (Å²) in [6.45, 7) is 0. The number of hydrogen-bond acceptors (Lipinski definition) is 2. The standard InChI is InChI=1S/C12H12OS/c13-12-4-2-1-3-11(12)6-5-10-7-8-14-9-10/h7-9,11H,1-4H2. The molecule has 1 aromatic heterocycles. The third-order valence-corrected chi connectivity index (χ3v) is 3.15. The summed E-state index contributed by atoms with van der Waals surface area (Å²) in [5.41, 5.74) is 1.04. The largest absolute Gasteiger partial charge is 0.298 e. The topological polar surface area (TPSA) is 17.1 Å². The molecule has 0 saturated heterocycles. The van der Waals surface area contributed by atoms with Gasteiger partial charge in [-0.15, -0.1) is 0 Å². The normalized spacial score (nSPS) is 21.4. The quantitative estimate of drug-likeness (QED) is 0.594. The number of carbonyl (C=O) groups excluding carboxylic acids is 1. The van der Waals surface area contributed by atoms with Crippen LogP contribution < -0.4 is 0 Å². The molecule has 0 aromatic carbocycles. The maximum atomic E-state index is 11.5. The Bertz CT molecular complexity index is 367. The van der Waals surface area contributed by atoms with Crippen LogP contribution in [0.2, 0.25) is 0 Å². The Kier molecular flexibility index (Phi) is 3.00. The van der Waals surface area contributed by atoms with E-state index in [4.69, 9.17) is 0 Å². The van der Waals surface area contributed by atoms with Crippen LogP contribution >= 0.6 is 11.3 Å². The Balaban J connectivity index is 2.05. The molecule has 1 fully saturated rings. The van der Waals surface area contributed by atoms with Crippen LogP contribution in [-0.4, -0.2) is 5.78 Å². The smallest absolute Gasteiger partial charge is 0.147 e. The molecular formula is C12H12OS. The molecule has 1 unspecified atom stereocenters. The fourth-order valence-electron chi connectivity index (χ4n) is 1.64. The maximum Gasteiger partial charge on any atom is 0.147 e. The van der Waals surface area contributed by atoms with Crippen molar-refractivity contribution in [2.75, 3.05) is 0 Å².